The number of nitrogens with two attached hydrogens (primary N) is 2. The highest BCUT2D eigenvalue weighted by Gasteiger charge is 2.66. The standard InChI is InChI=1S/C30H54N7O10P/c1-10-45-27(39)20(12-16(3)4)36-48(42,37-21(13-17(5)6)28(40)46-11-2)47-15-22(43-8)24(38)30(41)18(7)19(30)14-33-23-25(31)34-29(32)35-26(23)44-9/h14,16-22,24,38,41H,10-13,15H2,1-9H3,(H2,36,37,42)(H4,31,32,34,35). The van der Waals surface area contributed by atoms with Crippen molar-refractivity contribution in [1.29, 1.82) is 0 Å². The normalized spacial score (nSPS) is 23.0. The highest BCUT2D eigenvalue weighted by molar-refractivity contribution is 7.54. The minimum Gasteiger partial charge on any atom is -0.479 e. The van der Waals surface area contributed by atoms with Crippen LogP contribution in [-0.4, -0.2) is 102 Å². The molecule has 8 N–H and O–H groups in total. The van der Waals surface area contributed by atoms with E-state index in [0.717, 1.165) is 0 Å². The molecule has 0 spiro atoms. The molecule has 0 bridgehead atoms. The lowest BCUT2D eigenvalue weighted by Gasteiger charge is -2.32. The molecule has 1 heterocycles. The molecule has 7 atom stereocenters. The number of aliphatic hydroxyl groups is 2. The zero-order valence-electron chi connectivity index (χ0n) is 29.3. The number of nitrogens with zero attached hydrogens (tertiary/aromatic N) is 3. The molecule has 274 valence electrons. The number of carbonyl (C=O) groups is 2. The Kier molecular flexibility index (Phi) is 15.6. The topological polar surface area (TPSA) is 252 Å². The summed E-state index contributed by atoms with van der Waals surface area (Å²) >= 11 is 0. The maximum absolute atomic E-state index is 14.5. The van der Waals surface area contributed by atoms with E-state index in [2.05, 4.69) is 25.1 Å². The van der Waals surface area contributed by atoms with Crippen LogP contribution in [0.4, 0.5) is 17.5 Å². The summed E-state index contributed by atoms with van der Waals surface area (Å²) in [6.45, 7) is 12.2. The molecule has 1 aromatic rings. The Bertz CT molecular complexity index is 1260. The largest absolute Gasteiger partial charge is 0.479 e. The zero-order valence-corrected chi connectivity index (χ0v) is 30.2. The Labute approximate surface area is 282 Å². The van der Waals surface area contributed by atoms with Gasteiger partial charge in [0, 0.05) is 19.2 Å². The van der Waals surface area contributed by atoms with Gasteiger partial charge in [0.05, 0.1) is 26.9 Å². The van der Waals surface area contributed by atoms with Gasteiger partial charge in [0.1, 0.15) is 29.9 Å². The predicted molar refractivity (Wildman–Crippen MR) is 180 cm³/mol. The number of esters is 2. The van der Waals surface area contributed by atoms with Crippen molar-refractivity contribution in [2.45, 2.75) is 91.2 Å². The van der Waals surface area contributed by atoms with Gasteiger partial charge in [-0.3, -0.25) is 19.1 Å². The number of methoxy groups -OCH3 is 2. The highest BCUT2D eigenvalue weighted by Crippen LogP contribution is 2.53. The van der Waals surface area contributed by atoms with Crippen LogP contribution in [0.1, 0.15) is 61.3 Å². The fourth-order valence-corrected chi connectivity index (χ4v) is 7.15. The number of aromatic nitrogens is 2. The van der Waals surface area contributed by atoms with Crippen LogP contribution >= 0.6 is 7.67 Å². The monoisotopic (exact) mass is 703 g/mol. The van der Waals surface area contributed by atoms with Gasteiger partial charge in [-0.25, -0.2) is 10.2 Å². The van der Waals surface area contributed by atoms with Gasteiger partial charge in [0.15, 0.2) is 11.5 Å². The van der Waals surface area contributed by atoms with Crippen LogP contribution < -0.4 is 26.4 Å². The molecule has 0 saturated heterocycles. The number of anilines is 2. The summed E-state index contributed by atoms with van der Waals surface area (Å²) in [5.41, 5.74) is 9.94. The Morgan fingerprint density at radius 3 is 1.98 bits per heavy atom. The van der Waals surface area contributed by atoms with E-state index in [0.29, 0.717) is 0 Å². The van der Waals surface area contributed by atoms with E-state index >= 15 is 0 Å². The first-order valence-corrected chi connectivity index (χ1v) is 17.7. The van der Waals surface area contributed by atoms with Crippen molar-refractivity contribution < 1.29 is 47.8 Å². The van der Waals surface area contributed by atoms with Crippen molar-refractivity contribution in [2.24, 2.45) is 28.7 Å². The predicted octanol–water partition coefficient (Wildman–Crippen LogP) is 1.98. The van der Waals surface area contributed by atoms with Crippen molar-refractivity contribution >= 4 is 43.3 Å². The number of rotatable bonds is 21. The van der Waals surface area contributed by atoms with Gasteiger partial charge in [-0.1, -0.05) is 34.6 Å². The summed E-state index contributed by atoms with van der Waals surface area (Å²) in [7, 11) is -1.64. The van der Waals surface area contributed by atoms with Crippen molar-refractivity contribution in [3.05, 3.63) is 0 Å². The van der Waals surface area contributed by atoms with Gasteiger partial charge >= 0.3 is 19.6 Å². The molecule has 0 aliphatic heterocycles. The summed E-state index contributed by atoms with van der Waals surface area (Å²) in [6.07, 6.45) is -0.896. The van der Waals surface area contributed by atoms with Crippen molar-refractivity contribution in [2.75, 3.05) is 45.5 Å². The molecule has 7 unspecified atom stereocenters. The van der Waals surface area contributed by atoms with Gasteiger partial charge in [0.25, 0.3) is 0 Å². The first kappa shape index (κ1) is 41.3. The molecule has 1 aliphatic carbocycles. The Balaban J connectivity index is 2.37. The number of nitrogens with one attached hydrogen (secondary N) is 2. The smallest absolute Gasteiger partial charge is 0.342 e. The maximum Gasteiger partial charge on any atom is 0.342 e. The van der Waals surface area contributed by atoms with Crippen LogP contribution in [0.3, 0.4) is 0 Å². The summed E-state index contributed by atoms with van der Waals surface area (Å²) in [4.78, 5) is 37.9. The molecule has 1 aromatic heterocycles. The van der Waals surface area contributed by atoms with E-state index in [9.17, 15) is 24.4 Å². The average Bonchev–Trinajstić information content (AvgIpc) is 3.54. The number of aliphatic imine (C=N–C) groups is 1. The molecular weight excluding hydrogens is 649 g/mol. The van der Waals surface area contributed by atoms with Crippen LogP contribution in [0, 0.1) is 23.7 Å². The lowest BCUT2D eigenvalue weighted by atomic mass is 10.0. The Morgan fingerprint density at radius 2 is 1.54 bits per heavy atom. The van der Waals surface area contributed by atoms with Crippen LogP contribution in [-0.2, 0) is 32.9 Å². The van der Waals surface area contributed by atoms with Gasteiger partial charge in [0.2, 0.25) is 11.8 Å². The quantitative estimate of drug-likeness (QED) is 0.0608. The molecule has 48 heavy (non-hydrogen) atoms. The molecule has 1 saturated carbocycles. The summed E-state index contributed by atoms with van der Waals surface area (Å²) in [6, 6.07) is -2.13. The lowest BCUT2D eigenvalue weighted by Crippen LogP contribution is -2.48. The van der Waals surface area contributed by atoms with Gasteiger partial charge in [-0.2, -0.15) is 9.97 Å². The number of hydrogen-bond acceptors (Lipinski definition) is 15. The molecule has 1 fully saturated rings. The van der Waals surface area contributed by atoms with E-state index < -0.39 is 67.9 Å². The molecule has 18 heteroatoms. The van der Waals surface area contributed by atoms with Gasteiger partial charge in [-0.05, 0) is 44.4 Å². The molecule has 0 radical (unpaired) electrons. The first-order chi connectivity index (χ1) is 22.5. The van der Waals surface area contributed by atoms with Crippen molar-refractivity contribution in [1.82, 2.24) is 20.1 Å². The number of aliphatic hydroxyl groups excluding tert-OH is 1. The maximum atomic E-state index is 14.5. The minimum absolute atomic E-state index is 0.00950. The number of nitrogen functional groups attached to an aromatic ring is 2. The van der Waals surface area contributed by atoms with E-state index in [-0.39, 0.29) is 61.2 Å². The third kappa shape index (κ3) is 10.8. The van der Waals surface area contributed by atoms with E-state index in [1.54, 1.807) is 20.8 Å². The SMILES string of the molecule is CCOC(=O)C(CC(C)C)NP(=O)(NC(CC(C)C)C(=O)OCC)OCC(OC)C(O)C1(O)C(C)C1C=Nc1c(N)nc(N)nc1OC. The lowest BCUT2D eigenvalue weighted by molar-refractivity contribution is -0.146. The van der Waals surface area contributed by atoms with Gasteiger partial charge in [-0.15, -0.1) is 0 Å². The number of carbonyl (C=O) groups excluding carboxylic acids is 2. The number of ether oxygens (including phenoxy) is 4. The second kappa shape index (κ2) is 18.2. The van der Waals surface area contributed by atoms with E-state index in [1.807, 2.05) is 27.7 Å². The highest BCUT2D eigenvalue weighted by atomic mass is 31.2. The van der Waals surface area contributed by atoms with Crippen LogP contribution in [0.2, 0.25) is 0 Å². The van der Waals surface area contributed by atoms with Crippen molar-refractivity contribution in [3.8, 4) is 5.88 Å². The van der Waals surface area contributed by atoms with Crippen LogP contribution in [0.15, 0.2) is 4.99 Å². The number of hydrogen-bond donors (Lipinski definition) is 6. The first-order valence-electron chi connectivity index (χ1n) is 16.0. The van der Waals surface area contributed by atoms with Crippen molar-refractivity contribution in [3.63, 3.8) is 0 Å². The van der Waals surface area contributed by atoms with E-state index in [4.69, 9.17) is 34.9 Å². The third-order valence-corrected chi connectivity index (χ3v) is 9.72. The molecule has 17 nitrogen and oxygen atoms in total. The molecule has 2 rings (SSSR count). The summed E-state index contributed by atoms with van der Waals surface area (Å²) in [5.74, 6) is -2.60. The zero-order chi connectivity index (χ0) is 36.4. The Morgan fingerprint density at radius 1 is 1.02 bits per heavy atom. The molecule has 0 amide bonds. The summed E-state index contributed by atoms with van der Waals surface area (Å²) in [5, 5.41) is 28.4. The fraction of sp³-hybridized carbons (Fsp3) is 0.767. The molecule has 1 aliphatic rings. The molecular formula is C30H54N7O10P. The fourth-order valence-electron chi connectivity index (χ4n) is 5.32. The second-order valence-corrected chi connectivity index (χ2v) is 14.4. The van der Waals surface area contributed by atoms with Gasteiger partial charge < -0.3 is 45.2 Å². The summed E-state index contributed by atoms with van der Waals surface area (Å²) < 4.78 is 41.5. The average molecular weight is 704 g/mol. The van der Waals surface area contributed by atoms with Crippen LogP contribution in [0.25, 0.3) is 0 Å². The van der Waals surface area contributed by atoms with Crippen LogP contribution in [0.5, 0.6) is 5.88 Å². The third-order valence-electron chi connectivity index (χ3n) is 7.90. The minimum atomic E-state index is -4.29. The second-order valence-electron chi connectivity index (χ2n) is 12.5. The van der Waals surface area contributed by atoms with E-state index in [1.165, 1.54) is 20.4 Å². The Hall–Kier alpha value is -2.92. The molecule has 0 aromatic carbocycles.